The topological polar surface area (TPSA) is 142 Å². The van der Waals surface area contributed by atoms with Gasteiger partial charge in [0.05, 0.1) is 6.42 Å². The first-order chi connectivity index (χ1) is 19.5. The summed E-state index contributed by atoms with van der Waals surface area (Å²) >= 11 is 0. The van der Waals surface area contributed by atoms with Crippen LogP contribution in [0.4, 0.5) is 5.82 Å². The van der Waals surface area contributed by atoms with E-state index in [1.165, 1.54) is 30.4 Å². The fourth-order valence-electron chi connectivity index (χ4n) is 4.80. The average Bonchev–Trinajstić information content (AvgIpc) is 2.96. The van der Waals surface area contributed by atoms with Gasteiger partial charge in [-0.25, -0.2) is 19.7 Å². The van der Waals surface area contributed by atoms with E-state index < -0.39 is 17.9 Å². The van der Waals surface area contributed by atoms with Crippen molar-refractivity contribution < 1.29 is 14.7 Å². The van der Waals surface area contributed by atoms with E-state index in [0.29, 0.717) is 25.2 Å². The third kappa shape index (κ3) is 8.98. The number of pyridine rings is 2. The Hall–Kier alpha value is -4.12. The molecule has 0 aliphatic carbocycles. The summed E-state index contributed by atoms with van der Waals surface area (Å²) in [5.74, 6) is -0.471. The summed E-state index contributed by atoms with van der Waals surface area (Å²) in [6.07, 6.45) is 11.3. The van der Waals surface area contributed by atoms with Gasteiger partial charge in [0.15, 0.2) is 0 Å². The predicted octanol–water partition coefficient (Wildman–Crippen LogP) is 1.92. The highest BCUT2D eigenvalue weighted by molar-refractivity contribution is 5.84. The van der Waals surface area contributed by atoms with Crippen LogP contribution in [0.25, 0.3) is 0 Å². The lowest BCUT2D eigenvalue weighted by molar-refractivity contribution is -0.142. The Bertz CT molecular complexity index is 1310. The lowest BCUT2D eigenvalue weighted by Gasteiger charge is -2.25. The van der Waals surface area contributed by atoms with E-state index >= 15 is 0 Å². The van der Waals surface area contributed by atoms with Crippen molar-refractivity contribution in [2.24, 2.45) is 0 Å². The van der Waals surface area contributed by atoms with Crippen LogP contribution in [0, 0.1) is 0 Å². The molecular weight excluding hydrogens is 510 g/mol. The molecule has 0 aromatic carbocycles. The number of carbonyl (C=O) groups is 2. The molecule has 0 bridgehead atoms. The maximum atomic E-state index is 12.5. The number of rotatable bonds is 15. The maximum absolute atomic E-state index is 12.5. The number of aryl methyl sites for hydroxylation is 2. The van der Waals surface area contributed by atoms with Crippen LogP contribution in [0.15, 0.2) is 60.0 Å². The van der Waals surface area contributed by atoms with Gasteiger partial charge in [0.1, 0.15) is 18.2 Å². The molecule has 40 heavy (non-hydrogen) atoms. The van der Waals surface area contributed by atoms with Crippen LogP contribution < -0.4 is 16.2 Å². The number of nitrogens with one attached hydrogen (secondary N) is 2. The summed E-state index contributed by atoms with van der Waals surface area (Å²) in [6, 6.07) is 8.30. The molecule has 3 aromatic heterocycles. The quantitative estimate of drug-likeness (QED) is 0.243. The van der Waals surface area contributed by atoms with Gasteiger partial charge in [-0.3, -0.25) is 9.59 Å². The summed E-state index contributed by atoms with van der Waals surface area (Å²) in [7, 11) is 0. The number of aromatic nitrogens is 4. The molecule has 1 amide bonds. The highest BCUT2D eigenvalue weighted by atomic mass is 16.4. The minimum absolute atomic E-state index is 0.0114. The monoisotopic (exact) mass is 547 g/mol. The van der Waals surface area contributed by atoms with Gasteiger partial charge in [0, 0.05) is 56.5 Å². The fraction of sp³-hybridized carbons (Fsp3) is 0.448. The number of amides is 1. The number of unbranched alkanes of at least 4 members (excludes halogenated alkanes) is 1. The second kappa shape index (κ2) is 14.9. The number of anilines is 1. The summed E-state index contributed by atoms with van der Waals surface area (Å²) < 4.78 is 1.65. The molecule has 0 radical (unpaired) electrons. The third-order valence-electron chi connectivity index (χ3n) is 7.01. The van der Waals surface area contributed by atoms with Crippen LogP contribution in [-0.4, -0.2) is 73.6 Å². The summed E-state index contributed by atoms with van der Waals surface area (Å²) in [6.45, 7) is 3.25. The van der Waals surface area contributed by atoms with E-state index in [2.05, 4.69) is 37.6 Å². The summed E-state index contributed by atoms with van der Waals surface area (Å²) in [5, 5.41) is 15.8. The van der Waals surface area contributed by atoms with Gasteiger partial charge in [-0.1, -0.05) is 12.1 Å². The molecule has 11 nitrogen and oxygen atoms in total. The van der Waals surface area contributed by atoms with Crippen LogP contribution in [0.1, 0.15) is 42.5 Å². The third-order valence-corrected chi connectivity index (χ3v) is 7.01. The normalized spacial score (nSPS) is 13.3. The van der Waals surface area contributed by atoms with E-state index in [-0.39, 0.29) is 18.4 Å². The minimum atomic E-state index is -1.08. The van der Waals surface area contributed by atoms with Gasteiger partial charge in [-0.05, 0) is 68.3 Å². The minimum Gasteiger partial charge on any atom is -0.480 e. The number of hydrogen-bond donors (Lipinski definition) is 3. The number of carboxylic acid groups (broad SMARTS) is 1. The van der Waals surface area contributed by atoms with Crippen molar-refractivity contribution in [2.45, 2.75) is 57.5 Å². The zero-order valence-corrected chi connectivity index (χ0v) is 22.7. The van der Waals surface area contributed by atoms with Gasteiger partial charge < -0.3 is 25.2 Å². The van der Waals surface area contributed by atoms with Gasteiger partial charge in [0.2, 0.25) is 5.91 Å². The first-order valence-corrected chi connectivity index (χ1v) is 13.8. The van der Waals surface area contributed by atoms with Gasteiger partial charge >= 0.3 is 5.97 Å². The Morgan fingerprint density at radius 2 is 1.95 bits per heavy atom. The van der Waals surface area contributed by atoms with Crippen LogP contribution in [0.2, 0.25) is 0 Å². The van der Waals surface area contributed by atoms with Crippen molar-refractivity contribution in [3.63, 3.8) is 0 Å². The lowest BCUT2D eigenvalue weighted by Crippen LogP contribution is -2.44. The Balaban J connectivity index is 1.31. The molecule has 0 spiro atoms. The Kier molecular flexibility index (Phi) is 10.7. The Morgan fingerprint density at radius 1 is 1.10 bits per heavy atom. The van der Waals surface area contributed by atoms with Crippen molar-refractivity contribution in [3.05, 3.63) is 82.4 Å². The number of fused-ring (bicyclic) bond motifs is 1. The standard InChI is InChI=1S/C29H37N7O4/c37-26(18-22-19-30-21-31-20-22)34-25(29(39)40)11-15-35(16-17-36-14-4-2-8-27(36)38)13-3-1-7-24-10-9-23-6-5-12-32-28(23)33-24/h2,4,8-10,14,19-21,25H,1,3,5-7,11-13,15-18H2,(H,32,33)(H,34,37)(H,39,40)/t25-/m0/s1. The van der Waals surface area contributed by atoms with Crippen LogP contribution in [0.5, 0.6) is 0 Å². The molecule has 0 saturated heterocycles. The van der Waals surface area contributed by atoms with E-state index in [1.807, 2.05) is 6.07 Å². The summed E-state index contributed by atoms with van der Waals surface area (Å²) in [5.41, 5.74) is 2.88. The maximum Gasteiger partial charge on any atom is 0.326 e. The largest absolute Gasteiger partial charge is 0.480 e. The smallest absolute Gasteiger partial charge is 0.326 e. The zero-order chi connectivity index (χ0) is 28.2. The Morgan fingerprint density at radius 3 is 2.75 bits per heavy atom. The van der Waals surface area contributed by atoms with Crippen molar-refractivity contribution in [2.75, 3.05) is 31.5 Å². The second-order valence-corrected chi connectivity index (χ2v) is 10.0. The first kappa shape index (κ1) is 28.9. The molecule has 0 fully saturated rings. The van der Waals surface area contributed by atoms with Crippen LogP contribution >= 0.6 is 0 Å². The van der Waals surface area contributed by atoms with Crippen molar-refractivity contribution in [1.82, 2.24) is 29.7 Å². The van der Waals surface area contributed by atoms with Crippen molar-refractivity contribution in [3.8, 4) is 0 Å². The first-order valence-electron chi connectivity index (χ1n) is 13.8. The van der Waals surface area contributed by atoms with E-state index in [4.69, 9.17) is 4.98 Å². The van der Waals surface area contributed by atoms with E-state index in [1.54, 1.807) is 16.8 Å². The van der Waals surface area contributed by atoms with E-state index in [9.17, 15) is 19.5 Å². The number of aliphatic carboxylic acids is 1. The molecule has 3 aromatic rings. The zero-order valence-electron chi connectivity index (χ0n) is 22.7. The lowest BCUT2D eigenvalue weighted by atomic mass is 10.1. The number of nitrogens with zero attached hydrogens (tertiary/aromatic N) is 5. The highest BCUT2D eigenvalue weighted by Gasteiger charge is 2.21. The molecule has 1 aliphatic rings. The van der Waals surface area contributed by atoms with Crippen LogP contribution in [0.3, 0.4) is 0 Å². The average molecular weight is 548 g/mol. The Labute approximate surface area is 233 Å². The highest BCUT2D eigenvalue weighted by Crippen LogP contribution is 2.20. The van der Waals surface area contributed by atoms with Crippen LogP contribution in [-0.2, 0) is 35.4 Å². The molecular formula is C29H37N7O4. The molecule has 212 valence electrons. The molecule has 4 heterocycles. The van der Waals surface area contributed by atoms with E-state index in [0.717, 1.165) is 56.7 Å². The van der Waals surface area contributed by atoms with Gasteiger partial charge in [0.25, 0.3) is 5.56 Å². The van der Waals surface area contributed by atoms with Gasteiger partial charge in [-0.15, -0.1) is 0 Å². The molecule has 11 heteroatoms. The van der Waals surface area contributed by atoms with Gasteiger partial charge in [-0.2, -0.15) is 0 Å². The molecule has 1 aliphatic heterocycles. The summed E-state index contributed by atoms with van der Waals surface area (Å²) in [4.78, 5) is 51.3. The molecule has 3 N–H and O–H groups in total. The van der Waals surface area contributed by atoms with Crippen molar-refractivity contribution in [1.29, 1.82) is 0 Å². The molecule has 1 atom stereocenters. The second-order valence-electron chi connectivity index (χ2n) is 10.0. The number of hydrogen-bond acceptors (Lipinski definition) is 8. The predicted molar refractivity (Wildman–Crippen MR) is 151 cm³/mol. The fourth-order valence-corrected chi connectivity index (χ4v) is 4.80. The van der Waals surface area contributed by atoms with Crippen molar-refractivity contribution >= 4 is 17.7 Å². The number of carboxylic acids is 1. The molecule has 4 rings (SSSR count). The number of carbonyl (C=O) groups excluding carboxylic acids is 1. The molecule has 0 unspecified atom stereocenters. The SMILES string of the molecule is O=C(Cc1cncnc1)N[C@@H](CCN(CCCCc1ccc2c(n1)NCCC2)CCn1ccccc1=O)C(=O)O. The molecule has 0 saturated carbocycles.